The maximum Gasteiger partial charge on any atom is 0.330 e. The average molecular weight is 444 g/mol. The number of nitrogens with one attached hydrogen (secondary N) is 1. The van der Waals surface area contributed by atoms with Crippen molar-refractivity contribution in [2.24, 2.45) is 5.92 Å². The first-order valence-electron chi connectivity index (χ1n) is 11.0. The van der Waals surface area contributed by atoms with Gasteiger partial charge in [0.2, 0.25) is 5.91 Å². The van der Waals surface area contributed by atoms with Crippen molar-refractivity contribution in [2.75, 3.05) is 36.8 Å². The molecule has 1 saturated heterocycles. The highest BCUT2D eigenvalue weighted by Crippen LogP contribution is 2.20. The molecule has 1 amide bonds. The molecule has 2 aromatic rings. The number of aromatic nitrogens is 2. The quantitative estimate of drug-likeness (QED) is 0.666. The Morgan fingerprint density at radius 3 is 2.41 bits per heavy atom. The van der Waals surface area contributed by atoms with Crippen molar-refractivity contribution < 1.29 is 9.53 Å². The third kappa shape index (κ3) is 5.66. The lowest BCUT2D eigenvalue weighted by molar-refractivity contribution is -0.123. The van der Waals surface area contributed by atoms with Crippen LogP contribution in [0.5, 0.6) is 0 Å². The van der Waals surface area contributed by atoms with E-state index < -0.39 is 11.2 Å². The molecular weight excluding hydrogens is 410 g/mol. The zero-order valence-corrected chi connectivity index (χ0v) is 19.2. The summed E-state index contributed by atoms with van der Waals surface area (Å²) in [7, 11) is 0. The summed E-state index contributed by atoms with van der Waals surface area (Å²) in [6.07, 6.45) is 0.0395. The van der Waals surface area contributed by atoms with Gasteiger partial charge in [0, 0.05) is 19.6 Å². The molecule has 0 unspecified atom stereocenters. The number of H-pyrrole nitrogens is 1. The number of aromatic amines is 1. The molecule has 3 rings (SSSR count). The summed E-state index contributed by atoms with van der Waals surface area (Å²) in [5.74, 6) is -0.155. The van der Waals surface area contributed by atoms with Gasteiger partial charge in [-0.15, -0.1) is 0 Å². The minimum atomic E-state index is -0.658. The summed E-state index contributed by atoms with van der Waals surface area (Å²) in [4.78, 5) is 44.5. The molecule has 9 nitrogen and oxygen atoms in total. The predicted molar refractivity (Wildman–Crippen MR) is 125 cm³/mol. The summed E-state index contributed by atoms with van der Waals surface area (Å²) < 4.78 is 7.05. The number of nitrogens with zero attached hydrogens (tertiary/aromatic N) is 3. The van der Waals surface area contributed by atoms with Crippen LogP contribution in [0, 0.1) is 5.92 Å². The number of ether oxygens (including phenoxy) is 1. The number of rotatable bonds is 7. The first-order chi connectivity index (χ1) is 15.2. The van der Waals surface area contributed by atoms with Gasteiger partial charge in [0.1, 0.15) is 5.82 Å². The maximum atomic E-state index is 13.4. The highest BCUT2D eigenvalue weighted by Gasteiger charge is 2.29. The minimum absolute atomic E-state index is 0.0136. The molecule has 2 heterocycles. The summed E-state index contributed by atoms with van der Waals surface area (Å²) in [6, 6.07) is 9.34. The van der Waals surface area contributed by atoms with Crippen LogP contribution in [-0.2, 0) is 16.1 Å². The van der Waals surface area contributed by atoms with E-state index in [1.54, 1.807) is 0 Å². The van der Waals surface area contributed by atoms with Gasteiger partial charge in [-0.3, -0.25) is 24.0 Å². The number of anilines is 2. The topological polar surface area (TPSA) is 114 Å². The first kappa shape index (κ1) is 23.7. The van der Waals surface area contributed by atoms with Crippen LogP contribution < -0.4 is 21.9 Å². The van der Waals surface area contributed by atoms with Crippen molar-refractivity contribution in [1.29, 1.82) is 0 Å². The number of hydrogen-bond acceptors (Lipinski definition) is 6. The van der Waals surface area contributed by atoms with Gasteiger partial charge in [-0.25, -0.2) is 4.79 Å². The van der Waals surface area contributed by atoms with Gasteiger partial charge in [-0.1, -0.05) is 44.2 Å². The maximum absolute atomic E-state index is 13.4. The Bertz CT molecular complexity index is 1040. The molecule has 32 heavy (non-hydrogen) atoms. The third-order valence-corrected chi connectivity index (χ3v) is 5.37. The third-order valence-electron chi connectivity index (χ3n) is 5.37. The fraction of sp³-hybridized carbons (Fsp3) is 0.522. The lowest BCUT2D eigenvalue weighted by Crippen LogP contribution is -2.51. The lowest BCUT2D eigenvalue weighted by atomic mass is 10.1. The van der Waals surface area contributed by atoms with Crippen molar-refractivity contribution in [3.8, 4) is 0 Å². The molecule has 1 aromatic carbocycles. The van der Waals surface area contributed by atoms with Crippen molar-refractivity contribution in [3.05, 3.63) is 56.7 Å². The van der Waals surface area contributed by atoms with Gasteiger partial charge in [-0.2, -0.15) is 0 Å². The van der Waals surface area contributed by atoms with E-state index in [-0.39, 0.29) is 48.6 Å². The fourth-order valence-corrected chi connectivity index (χ4v) is 4.13. The molecule has 3 N–H and O–H groups in total. The van der Waals surface area contributed by atoms with Crippen LogP contribution in [0.4, 0.5) is 11.5 Å². The SMILES string of the molecule is CC(C)CN(C(=O)CN1C[C@@H](C)O[C@H](C)C1)c1c(N)n(Cc2ccccc2)c(=O)[nH]c1=O. The molecule has 174 valence electrons. The minimum Gasteiger partial charge on any atom is -0.383 e. The van der Waals surface area contributed by atoms with Crippen LogP contribution in [0.3, 0.4) is 0 Å². The molecule has 0 spiro atoms. The molecule has 0 saturated carbocycles. The number of hydrogen-bond donors (Lipinski definition) is 2. The molecule has 1 aliphatic rings. The Kier molecular flexibility index (Phi) is 7.52. The number of amides is 1. The van der Waals surface area contributed by atoms with Gasteiger partial charge >= 0.3 is 5.69 Å². The van der Waals surface area contributed by atoms with Crippen LogP contribution in [0.25, 0.3) is 0 Å². The van der Waals surface area contributed by atoms with E-state index in [1.165, 1.54) is 9.47 Å². The number of morpholine rings is 1. The number of benzene rings is 1. The van der Waals surface area contributed by atoms with E-state index in [4.69, 9.17) is 10.5 Å². The second-order valence-electron chi connectivity index (χ2n) is 8.91. The zero-order valence-electron chi connectivity index (χ0n) is 19.2. The molecule has 2 atom stereocenters. The highest BCUT2D eigenvalue weighted by atomic mass is 16.5. The Morgan fingerprint density at radius 1 is 1.19 bits per heavy atom. The van der Waals surface area contributed by atoms with Crippen LogP contribution in [0.15, 0.2) is 39.9 Å². The fourth-order valence-electron chi connectivity index (χ4n) is 4.13. The van der Waals surface area contributed by atoms with E-state index in [9.17, 15) is 14.4 Å². The molecule has 9 heteroatoms. The summed E-state index contributed by atoms with van der Waals surface area (Å²) in [6.45, 7) is 9.77. The second kappa shape index (κ2) is 10.1. The van der Waals surface area contributed by atoms with E-state index in [2.05, 4.69) is 4.98 Å². The van der Waals surface area contributed by atoms with E-state index in [1.807, 2.05) is 62.9 Å². The molecule has 1 aliphatic heterocycles. The summed E-state index contributed by atoms with van der Waals surface area (Å²) in [5.41, 5.74) is 5.96. The van der Waals surface area contributed by atoms with Crippen molar-refractivity contribution in [2.45, 2.75) is 46.4 Å². The Balaban J connectivity index is 1.96. The normalized spacial score (nSPS) is 19.3. The van der Waals surface area contributed by atoms with E-state index in [0.717, 1.165) is 5.56 Å². The number of nitrogens with two attached hydrogens (primary N) is 1. The number of nitrogen functional groups attached to an aromatic ring is 1. The summed E-state index contributed by atoms with van der Waals surface area (Å²) in [5, 5.41) is 0. The highest BCUT2D eigenvalue weighted by molar-refractivity contribution is 5.96. The van der Waals surface area contributed by atoms with Crippen molar-refractivity contribution in [1.82, 2.24) is 14.5 Å². The number of carbonyl (C=O) groups excluding carboxylic acids is 1. The van der Waals surface area contributed by atoms with Gasteiger partial charge in [0.15, 0.2) is 5.69 Å². The number of carbonyl (C=O) groups is 1. The van der Waals surface area contributed by atoms with E-state index >= 15 is 0 Å². The summed E-state index contributed by atoms with van der Waals surface area (Å²) >= 11 is 0. The Morgan fingerprint density at radius 2 is 1.81 bits per heavy atom. The van der Waals surface area contributed by atoms with Crippen LogP contribution in [0.2, 0.25) is 0 Å². The standard InChI is InChI=1S/C23H33N5O4/c1-15(2)10-27(19(29)14-26-11-16(3)32-17(4)12-26)20-21(24)28(23(31)25-22(20)30)13-18-8-6-5-7-9-18/h5-9,15-17H,10-14,24H2,1-4H3,(H,25,30,31)/t16-,17-/m1/s1. The lowest BCUT2D eigenvalue weighted by Gasteiger charge is -2.36. The predicted octanol–water partition coefficient (Wildman–Crippen LogP) is 1.27. The van der Waals surface area contributed by atoms with Crippen molar-refractivity contribution in [3.63, 3.8) is 0 Å². The molecule has 0 bridgehead atoms. The smallest absolute Gasteiger partial charge is 0.330 e. The van der Waals surface area contributed by atoms with Gasteiger partial charge in [0.05, 0.1) is 25.3 Å². The average Bonchev–Trinajstić information content (AvgIpc) is 2.70. The first-order valence-corrected chi connectivity index (χ1v) is 11.0. The molecule has 0 radical (unpaired) electrons. The zero-order chi connectivity index (χ0) is 23.4. The Hall–Kier alpha value is -2.91. The van der Waals surface area contributed by atoms with Gasteiger partial charge in [-0.05, 0) is 25.3 Å². The van der Waals surface area contributed by atoms with Crippen LogP contribution in [-0.4, -0.2) is 58.7 Å². The van der Waals surface area contributed by atoms with E-state index in [0.29, 0.717) is 19.6 Å². The molecule has 0 aliphatic carbocycles. The second-order valence-corrected chi connectivity index (χ2v) is 8.91. The van der Waals surface area contributed by atoms with Crippen molar-refractivity contribution >= 4 is 17.4 Å². The molecule has 1 fully saturated rings. The van der Waals surface area contributed by atoms with Crippen LogP contribution in [0.1, 0.15) is 33.3 Å². The molecule has 1 aromatic heterocycles. The monoisotopic (exact) mass is 443 g/mol. The van der Waals surface area contributed by atoms with Gasteiger partial charge in [0.25, 0.3) is 5.56 Å². The van der Waals surface area contributed by atoms with Gasteiger partial charge < -0.3 is 15.4 Å². The Labute approximate surface area is 187 Å². The largest absolute Gasteiger partial charge is 0.383 e. The molecular formula is C23H33N5O4. The van der Waals surface area contributed by atoms with Crippen LogP contribution >= 0.6 is 0 Å².